The van der Waals surface area contributed by atoms with E-state index in [4.69, 9.17) is 4.74 Å². The molecule has 0 bridgehead atoms. The summed E-state index contributed by atoms with van der Waals surface area (Å²) in [6, 6.07) is 0.489. The normalized spacial score (nSPS) is 20.6. The molecule has 4 nitrogen and oxygen atoms in total. The van der Waals surface area contributed by atoms with Gasteiger partial charge in [0.2, 0.25) is 0 Å². The highest BCUT2D eigenvalue weighted by Crippen LogP contribution is 2.21. The third-order valence-electron chi connectivity index (χ3n) is 2.73. The van der Waals surface area contributed by atoms with E-state index in [1.165, 1.54) is 0 Å². The van der Waals surface area contributed by atoms with E-state index in [1.807, 2.05) is 12.4 Å². The zero-order valence-electron chi connectivity index (χ0n) is 9.94. The van der Waals surface area contributed by atoms with Gasteiger partial charge in [0.25, 0.3) is 0 Å². The summed E-state index contributed by atoms with van der Waals surface area (Å²) >= 11 is 0. The Kier molecular flexibility index (Phi) is 3.85. The van der Waals surface area contributed by atoms with E-state index in [2.05, 4.69) is 29.1 Å². The van der Waals surface area contributed by atoms with E-state index < -0.39 is 0 Å². The number of aromatic nitrogens is 2. The van der Waals surface area contributed by atoms with Crippen LogP contribution in [0.5, 0.6) is 0 Å². The molecule has 0 aliphatic carbocycles. The van der Waals surface area contributed by atoms with Crippen LogP contribution in [0, 0.1) is 0 Å². The van der Waals surface area contributed by atoms with Crippen LogP contribution in [0.25, 0.3) is 0 Å². The lowest BCUT2D eigenvalue weighted by molar-refractivity contribution is 0.193. The van der Waals surface area contributed by atoms with Crippen LogP contribution in [0.15, 0.2) is 12.4 Å². The molecular formula is C12H19N3O. The van der Waals surface area contributed by atoms with Gasteiger partial charge in [0.1, 0.15) is 5.82 Å². The van der Waals surface area contributed by atoms with Crippen LogP contribution < -0.4 is 5.32 Å². The fourth-order valence-electron chi connectivity index (χ4n) is 1.73. The lowest BCUT2D eigenvalue weighted by Gasteiger charge is -2.09. The van der Waals surface area contributed by atoms with Crippen molar-refractivity contribution in [2.24, 2.45) is 0 Å². The van der Waals surface area contributed by atoms with Gasteiger partial charge in [-0.25, -0.2) is 9.97 Å². The highest BCUT2D eigenvalue weighted by Gasteiger charge is 2.19. The Morgan fingerprint density at radius 3 is 2.75 bits per heavy atom. The van der Waals surface area contributed by atoms with Crippen LogP contribution in [0.1, 0.15) is 37.6 Å². The second-order valence-corrected chi connectivity index (χ2v) is 4.55. The fraction of sp³-hybridized carbons (Fsp3) is 0.667. The van der Waals surface area contributed by atoms with Gasteiger partial charge in [0, 0.05) is 43.1 Å². The van der Waals surface area contributed by atoms with E-state index in [9.17, 15) is 0 Å². The molecule has 1 N–H and O–H groups in total. The van der Waals surface area contributed by atoms with E-state index in [1.54, 1.807) is 0 Å². The number of nitrogens with zero attached hydrogens (tertiary/aromatic N) is 2. The van der Waals surface area contributed by atoms with Gasteiger partial charge in [-0.3, -0.25) is 0 Å². The summed E-state index contributed by atoms with van der Waals surface area (Å²) in [6.45, 7) is 6.70. The molecule has 88 valence electrons. The van der Waals surface area contributed by atoms with Crippen LogP contribution in [-0.2, 0) is 11.3 Å². The molecule has 16 heavy (non-hydrogen) atoms. The molecule has 1 saturated heterocycles. The Hall–Kier alpha value is -1.00. The molecule has 1 fully saturated rings. The summed E-state index contributed by atoms with van der Waals surface area (Å²) in [6.07, 6.45) is 4.87. The van der Waals surface area contributed by atoms with Crippen molar-refractivity contribution in [3.8, 4) is 0 Å². The number of nitrogens with one attached hydrogen (secondary N) is 1. The highest BCUT2D eigenvalue weighted by atomic mass is 16.5. The zero-order valence-corrected chi connectivity index (χ0v) is 9.94. The quantitative estimate of drug-likeness (QED) is 0.836. The minimum atomic E-state index is 0.395. The van der Waals surface area contributed by atoms with Crippen LogP contribution in [0.2, 0.25) is 0 Å². The van der Waals surface area contributed by atoms with Crippen molar-refractivity contribution in [2.75, 3.05) is 13.2 Å². The van der Waals surface area contributed by atoms with Gasteiger partial charge in [-0.15, -0.1) is 0 Å². The molecule has 1 atom stereocenters. The second kappa shape index (κ2) is 5.37. The maximum atomic E-state index is 5.33. The van der Waals surface area contributed by atoms with E-state index in [0.29, 0.717) is 12.0 Å². The van der Waals surface area contributed by atoms with E-state index >= 15 is 0 Å². The van der Waals surface area contributed by atoms with Crippen LogP contribution >= 0.6 is 0 Å². The van der Waals surface area contributed by atoms with Gasteiger partial charge in [0.05, 0.1) is 6.61 Å². The van der Waals surface area contributed by atoms with Gasteiger partial charge < -0.3 is 10.1 Å². The van der Waals surface area contributed by atoms with Crippen molar-refractivity contribution in [1.29, 1.82) is 0 Å². The number of rotatable bonds is 4. The summed E-state index contributed by atoms with van der Waals surface area (Å²) in [5, 5.41) is 3.35. The van der Waals surface area contributed by atoms with Crippen molar-refractivity contribution in [3.05, 3.63) is 23.8 Å². The maximum Gasteiger partial charge on any atom is 0.133 e. The topological polar surface area (TPSA) is 47.0 Å². The molecule has 0 amide bonds. The molecule has 2 heterocycles. The Labute approximate surface area is 96.4 Å². The minimum absolute atomic E-state index is 0.395. The lowest BCUT2D eigenvalue weighted by atomic mass is 10.1. The molecule has 1 aliphatic heterocycles. The SMILES string of the molecule is CC(C)NCc1cnc(C2CCOC2)nc1. The summed E-state index contributed by atoms with van der Waals surface area (Å²) in [5.74, 6) is 1.32. The largest absolute Gasteiger partial charge is 0.381 e. The van der Waals surface area contributed by atoms with E-state index in [-0.39, 0.29) is 0 Å². The third-order valence-corrected chi connectivity index (χ3v) is 2.73. The molecule has 1 unspecified atom stereocenters. The molecular weight excluding hydrogens is 202 g/mol. The Bertz CT molecular complexity index is 318. The predicted octanol–water partition coefficient (Wildman–Crippen LogP) is 1.48. The summed E-state index contributed by atoms with van der Waals surface area (Å²) < 4.78 is 5.33. The lowest BCUT2D eigenvalue weighted by Crippen LogP contribution is -2.22. The summed E-state index contributed by atoms with van der Waals surface area (Å²) in [7, 11) is 0. The Morgan fingerprint density at radius 1 is 1.44 bits per heavy atom. The standard InChI is InChI=1S/C12H19N3O/c1-9(2)13-5-10-6-14-12(15-7-10)11-3-4-16-8-11/h6-7,9,11,13H,3-5,8H2,1-2H3. The van der Waals surface area contributed by atoms with Crippen molar-refractivity contribution in [2.45, 2.75) is 38.8 Å². The van der Waals surface area contributed by atoms with Crippen molar-refractivity contribution in [3.63, 3.8) is 0 Å². The molecule has 0 radical (unpaired) electrons. The number of ether oxygens (including phenoxy) is 1. The molecule has 0 aromatic carbocycles. The van der Waals surface area contributed by atoms with Gasteiger partial charge in [-0.1, -0.05) is 13.8 Å². The molecule has 1 aromatic heterocycles. The van der Waals surface area contributed by atoms with Gasteiger partial charge in [-0.2, -0.15) is 0 Å². The van der Waals surface area contributed by atoms with Crippen LogP contribution in [0.3, 0.4) is 0 Å². The summed E-state index contributed by atoms with van der Waals surface area (Å²) in [4.78, 5) is 8.82. The molecule has 4 heteroatoms. The third kappa shape index (κ3) is 3.00. The first-order valence-electron chi connectivity index (χ1n) is 5.87. The zero-order chi connectivity index (χ0) is 11.4. The van der Waals surface area contributed by atoms with Gasteiger partial charge in [-0.05, 0) is 6.42 Å². The van der Waals surface area contributed by atoms with Crippen molar-refractivity contribution < 1.29 is 4.74 Å². The summed E-state index contributed by atoms with van der Waals surface area (Å²) in [5.41, 5.74) is 1.14. The smallest absolute Gasteiger partial charge is 0.133 e. The van der Waals surface area contributed by atoms with Crippen LogP contribution in [0.4, 0.5) is 0 Å². The molecule has 0 spiro atoms. The second-order valence-electron chi connectivity index (χ2n) is 4.55. The van der Waals surface area contributed by atoms with Crippen molar-refractivity contribution >= 4 is 0 Å². The molecule has 1 aromatic rings. The first-order chi connectivity index (χ1) is 7.75. The van der Waals surface area contributed by atoms with Crippen molar-refractivity contribution in [1.82, 2.24) is 15.3 Å². The van der Waals surface area contributed by atoms with E-state index in [0.717, 1.165) is 37.6 Å². The number of hydrogen-bond acceptors (Lipinski definition) is 4. The first kappa shape index (κ1) is 11.5. The monoisotopic (exact) mass is 221 g/mol. The highest BCUT2D eigenvalue weighted by molar-refractivity contribution is 5.08. The molecule has 2 rings (SSSR count). The van der Waals surface area contributed by atoms with Crippen LogP contribution in [-0.4, -0.2) is 29.2 Å². The number of hydrogen-bond donors (Lipinski definition) is 1. The average molecular weight is 221 g/mol. The fourth-order valence-corrected chi connectivity index (χ4v) is 1.73. The average Bonchev–Trinajstić information content (AvgIpc) is 2.80. The predicted molar refractivity (Wildman–Crippen MR) is 62.2 cm³/mol. The van der Waals surface area contributed by atoms with Gasteiger partial charge >= 0.3 is 0 Å². The molecule has 0 saturated carbocycles. The van der Waals surface area contributed by atoms with Gasteiger partial charge in [0.15, 0.2) is 0 Å². The maximum absolute atomic E-state index is 5.33. The Balaban J connectivity index is 1.93. The first-order valence-corrected chi connectivity index (χ1v) is 5.87. The Morgan fingerprint density at radius 2 is 2.19 bits per heavy atom. The molecule has 1 aliphatic rings. The minimum Gasteiger partial charge on any atom is -0.381 e.